The molecule has 1 aliphatic rings. The highest BCUT2D eigenvalue weighted by Gasteiger charge is 2.26. The van der Waals surface area contributed by atoms with E-state index in [1.807, 2.05) is 11.6 Å². The number of hydrogen-bond donors (Lipinski definition) is 1. The van der Waals surface area contributed by atoms with Crippen LogP contribution in [0.5, 0.6) is 0 Å². The molecule has 1 saturated heterocycles. The lowest BCUT2D eigenvalue weighted by molar-refractivity contribution is 0.172. The highest BCUT2D eigenvalue weighted by Crippen LogP contribution is 2.20. The molecular weight excluding hydrogens is 250 g/mol. The number of halogens is 1. The van der Waals surface area contributed by atoms with Crippen LogP contribution in [-0.2, 0) is 11.3 Å². The molecule has 0 aliphatic carbocycles. The van der Waals surface area contributed by atoms with Crippen LogP contribution in [0, 0.1) is 12.8 Å². The van der Waals surface area contributed by atoms with Crippen LogP contribution in [0.15, 0.2) is 6.20 Å². The molecule has 0 spiro atoms. The Balaban J connectivity index is 2.01. The van der Waals surface area contributed by atoms with Gasteiger partial charge in [-0.25, -0.2) is 0 Å². The van der Waals surface area contributed by atoms with Gasteiger partial charge < -0.3 is 10.1 Å². The maximum absolute atomic E-state index is 6.05. The lowest BCUT2D eigenvalue weighted by Gasteiger charge is -2.24. The van der Waals surface area contributed by atoms with Crippen LogP contribution in [0.25, 0.3) is 0 Å². The summed E-state index contributed by atoms with van der Waals surface area (Å²) >= 11 is 6.05. The largest absolute Gasteiger partial charge is 0.381 e. The van der Waals surface area contributed by atoms with Crippen molar-refractivity contribution in [2.75, 3.05) is 19.8 Å². The van der Waals surface area contributed by atoms with Gasteiger partial charge in [-0.05, 0) is 26.3 Å². The summed E-state index contributed by atoms with van der Waals surface area (Å²) in [6.45, 7) is 7.84. The molecule has 0 amide bonds. The van der Waals surface area contributed by atoms with E-state index < -0.39 is 0 Å². The topological polar surface area (TPSA) is 39.1 Å². The minimum atomic E-state index is 0.419. The zero-order valence-electron chi connectivity index (χ0n) is 11.2. The standard InChI is InChI=1S/C13H22ClN3O/c1-3-5-15-13(11-4-6-18-9-11)8-17-10(2)12(14)7-16-17/h7,11,13,15H,3-6,8-9H2,1-2H3. The monoisotopic (exact) mass is 271 g/mol. The molecule has 0 radical (unpaired) electrons. The first-order chi connectivity index (χ1) is 8.72. The van der Waals surface area contributed by atoms with Crippen molar-refractivity contribution >= 4 is 11.6 Å². The highest BCUT2D eigenvalue weighted by atomic mass is 35.5. The molecule has 1 fully saturated rings. The minimum Gasteiger partial charge on any atom is -0.381 e. The number of aromatic nitrogens is 2. The fourth-order valence-electron chi connectivity index (χ4n) is 2.37. The van der Waals surface area contributed by atoms with E-state index in [1.165, 1.54) is 0 Å². The molecule has 2 unspecified atom stereocenters. The first-order valence-corrected chi connectivity index (χ1v) is 7.09. The highest BCUT2D eigenvalue weighted by molar-refractivity contribution is 6.31. The fraction of sp³-hybridized carbons (Fsp3) is 0.769. The Morgan fingerprint density at radius 3 is 3.06 bits per heavy atom. The Kier molecular flexibility index (Phi) is 5.03. The van der Waals surface area contributed by atoms with E-state index >= 15 is 0 Å². The second-order valence-electron chi connectivity index (χ2n) is 4.94. The number of nitrogens with zero attached hydrogens (tertiary/aromatic N) is 2. The summed E-state index contributed by atoms with van der Waals surface area (Å²) in [5.41, 5.74) is 1.04. The van der Waals surface area contributed by atoms with Crippen molar-refractivity contribution < 1.29 is 4.74 Å². The summed E-state index contributed by atoms with van der Waals surface area (Å²) in [6.07, 6.45) is 4.00. The molecule has 4 nitrogen and oxygen atoms in total. The summed E-state index contributed by atoms with van der Waals surface area (Å²) < 4.78 is 7.49. The molecule has 0 bridgehead atoms. The van der Waals surface area contributed by atoms with Gasteiger partial charge in [0.2, 0.25) is 0 Å². The number of nitrogens with one attached hydrogen (secondary N) is 1. The van der Waals surface area contributed by atoms with Crippen LogP contribution in [0.1, 0.15) is 25.5 Å². The molecule has 5 heteroatoms. The smallest absolute Gasteiger partial charge is 0.0814 e. The molecule has 1 N–H and O–H groups in total. The zero-order valence-corrected chi connectivity index (χ0v) is 11.9. The van der Waals surface area contributed by atoms with Gasteiger partial charge in [0, 0.05) is 18.6 Å². The third kappa shape index (κ3) is 3.25. The van der Waals surface area contributed by atoms with E-state index in [-0.39, 0.29) is 0 Å². The van der Waals surface area contributed by atoms with Gasteiger partial charge in [-0.2, -0.15) is 5.10 Å². The van der Waals surface area contributed by atoms with Crippen LogP contribution >= 0.6 is 11.6 Å². The third-order valence-corrected chi connectivity index (χ3v) is 3.97. The summed E-state index contributed by atoms with van der Waals surface area (Å²) in [4.78, 5) is 0. The third-order valence-electron chi connectivity index (χ3n) is 3.60. The van der Waals surface area contributed by atoms with Crippen molar-refractivity contribution in [3.8, 4) is 0 Å². The first-order valence-electron chi connectivity index (χ1n) is 6.71. The van der Waals surface area contributed by atoms with Crippen LogP contribution in [-0.4, -0.2) is 35.6 Å². The van der Waals surface area contributed by atoms with Gasteiger partial charge in [0.15, 0.2) is 0 Å². The predicted octanol–water partition coefficient (Wildman–Crippen LogP) is 2.25. The average Bonchev–Trinajstić information content (AvgIpc) is 2.99. The molecule has 0 saturated carbocycles. The number of ether oxygens (including phenoxy) is 1. The molecule has 2 rings (SSSR count). The predicted molar refractivity (Wildman–Crippen MR) is 73.0 cm³/mol. The molecular formula is C13H22ClN3O. The number of hydrogen-bond acceptors (Lipinski definition) is 3. The van der Waals surface area contributed by atoms with Gasteiger partial charge in [-0.1, -0.05) is 18.5 Å². The maximum Gasteiger partial charge on any atom is 0.0814 e. The Morgan fingerprint density at radius 1 is 1.67 bits per heavy atom. The van der Waals surface area contributed by atoms with Gasteiger partial charge in [0.1, 0.15) is 0 Å². The van der Waals surface area contributed by atoms with Gasteiger partial charge >= 0.3 is 0 Å². The summed E-state index contributed by atoms with van der Waals surface area (Å²) in [6, 6.07) is 0.419. The van der Waals surface area contributed by atoms with E-state index in [0.29, 0.717) is 12.0 Å². The van der Waals surface area contributed by atoms with Crippen molar-refractivity contribution in [3.05, 3.63) is 16.9 Å². The molecule has 18 heavy (non-hydrogen) atoms. The first kappa shape index (κ1) is 13.8. The van der Waals surface area contributed by atoms with Gasteiger partial charge in [0.05, 0.1) is 30.1 Å². The molecule has 1 aromatic heterocycles. The Hall–Kier alpha value is -0.580. The van der Waals surface area contributed by atoms with E-state index in [9.17, 15) is 0 Å². The van der Waals surface area contributed by atoms with Crippen LogP contribution < -0.4 is 5.32 Å². The van der Waals surface area contributed by atoms with Crippen LogP contribution in [0.3, 0.4) is 0 Å². The second-order valence-corrected chi connectivity index (χ2v) is 5.35. The summed E-state index contributed by atoms with van der Waals surface area (Å²) in [5, 5.41) is 8.69. The molecule has 2 atom stereocenters. The Bertz CT molecular complexity index is 374. The fourth-order valence-corrected chi connectivity index (χ4v) is 2.52. The van der Waals surface area contributed by atoms with Gasteiger partial charge in [0.25, 0.3) is 0 Å². The number of rotatable bonds is 6. The molecule has 1 aromatic rings. The van der Waals surface area contributed by atoms with Crippen LogP contribution in [0.4, 0.5) is 0 Å². The van der Waals surface area contributed by atoms with E-state index in [1.54, 1.807) is 6.20 Å². The van der Waals surface area contributed by atoms with Crippen LogP contribution in [0.2, 0.25) is 5.02 Å². The molecule has 2 heterocycles. The van der Waals surface area contributed by atoms with Crippen molar-refractivity contribution in [1.29, 1.82) is 0 Å². The average molecular weight is 272 g/mol. The van der Waals surface area contributed by atoms with Gasteiger partial charge in [-0.3, -0.25) is 4.68 Å². The van der Waals surface area contributed by atoms with E-state index in [0.717, 1.165) is 49.9 Å². The Morgan fingerprint density at radius 2 is 2.50 bits per heavy atom. The normalized spacial score (nSPS) is 21.4. The van der Waals surface area contributed by atoms with E-state index in [4.69, 9.17) is 16.3 Å². The summed E-state index contributed by atoms with van der Waals surface area (Å²) in [5.74, 6) is 0.582. The Labute approximate surface area is 114 Å². The lowest BCUT2D eigenvalue weighted by Crippen LogP contribution is -2.41. The van der Waals surface area contributed by atoms with Crippen molar-refractivity contribution in [3.63, 3.8) is 0 Å². The SMILES string of the molecule is CCCNC(Cn1ncc(Cl)c1C)C1CCOC1. The van der Waals surface area contributed by atoms with Crippen molar-refractivity contribution in [1.82, 2.24) is 15.1 Å². The van der Waals surface area contributed by atoms with E-state index in [2.05, 4.69) is 17.3 Å². The quantitative estimate of drug-likeness (QED) is 0.863. The molecule has 1 aliphatic heterocycles. The molecule has 0 aromatic carbocycles. The molecule has 102 valence electrons. The maximum atomic E-state index is 6.05. The van der Waals surface area contributed by atoms with Crippen molar-refractivity contribution in [2.24, 2.45) is 5.92 Å². The second kappa shape index (κ2) is 6.55. The van der Waals surface area contributed by atoms with Gasteiger partial charge in [-0.15, -0.1) is 0 Å². The summed E-state index contributed by atoms with van der Waals surface area (Å²) in [7, 11) is 0. The van der Waals surface area contributed by atoms with Crippen molar-refractivity contribution in [2.45, 2.75) is 39.3 Å². The zero-order chi connectivity index (χ0) is 13.0. The minimum absolute atomic E-state index is 0.419. The lowest BCUT2D eigenvalue weighted by atomic mass is 9.99.